The molecule has 0 saturated carbocycles. The van der Waals surface area contributed by atoms with Crippen molar-refractivity contribution in [3.05, 3.63) is 77.6 Å². The topological polar surface area (TPSA) is 188 Å². The highest BCUT2D eigenvalue weighted by Crippen LogP contribution is 2.42. The molecule has 0 radical (unpaired) electrons. The van der Waals surface area contributed by atoms with Gasteiger partial charge < -0.3 is 4.84 Å². The van der Waals surface area contributed by atoms with E-state index in [4.69, 9.17) is 4.84 Å². The number of hydrogen-bond acceptors (Lipinski definition) is 10. The predicted molar refractivity (Wildman–Crippen MR) is 175 cm³/mol. The molecule has 1 fully saturated rings. The Morgan fingerprint density at radius 1 is 1.09 bits per heavy atom. The van der Waals surface area contributed by atoms with Gasteiger partial charge in [0.2, 0.25) is 0 Å². The number of allylic oxidation sites excluding steroid dienone is 7. The average Bonchev–Trinajstić information content (AvgIpc) is 3.39. The van der Waals surface area contributed by atoms with Gasteiger partial charge in [0.25, 0.3) is 32.1 Å². The van der Waals surface area contributed by atoms with E-state index < -0.39 is 54.6 Å². The van der Waals surface area contributed by atoms with Crippen molar-refractivity contribution in [3.63, 3.8) is 0 Å². The second kappa shape index (κ2) is 14.5. The first-order valence-corrected chi connectivity index (χ1v) is 17.9. The maximum atomic E-state index is 12.5. The van der Waals surface area contributed by atoms with Crippen molar-refractivity contribution in [1.82, 2.24) is 10.1 Å². The van der Waals surface area contributed by atoms with Gasteiger partial charge in [-0.05, 0) is 68.5 Å². The fraction of sp³-hybridized carbons (Fsp3) is 0.438. The fourth-order valence-electron chi connectivity index (χ4n) is 5.37. The standard InChI is InChI=1S/C32H41N3O10S2/c1-22-13-14-25(47(42,43)44)21-26(22)31(4,5)23(2)11-8-7-9-12-27-32(6,18-10-20-46(39,40)41)24(3)33-34(27)19-17-30(38)45-35-28(36)15-16-29(35)37/h7-9,11-14,21H,2,10,15-20H2,1,3-6H3,(H,39,40,41)(H,42,43,44)/b9-7+,11-8+,27-12-. The van der Waals surface area contributed by atoms with E-state index in [0.717, 1.165) is 5.56 Å². The Morgan fingerprint density at radius 3 is 2.32 bits per heavy atom. The minimum absolute atomic E-state index is 0.0248. The van der Waals surface area contributed by atoms with Gasteiger partial charge in [-0.2, -0.15) is 21.9 Å². The summed E-state index contributed by atoms with van der Waals surface area (Å²) >= 11 is 0. The summed E-state index contributed by atoms with van der Waals surface area (Å²) in [4.78, 5) is 40.9. The first kappa shape index (κ1) is 37.5. The van der Waals surface area contributed by atoms with Gasteiger partial charge in [-0.1, -0.05) is 50.8 Å². The van der Waals surface area contributed by atoms with Gasteiger partial charge in [-0.3, -0.25) is 23.7 Å². The van der Waals surface area contributed by atoms with Crippen LogP contribution in [0.5, 0.6) is 0 Å². The van der Waals surface area contributed by atoms with Crippen LogP contribution in [0.2, 0.25) is 0 Å². The smallest absolute Gasteiger partial charge is 0.330 e. The second-order valence-corrected chi connectivity index (χ2v) is 15.2. The van der Waals surface area contributed by atoms with E-state index in [0.29, 0.717) is 34.0 Å². The third kappa shape index (κ3) is 9.34. The van der Waals surface area contributed by atoms with Crippen LogP contribution in [-0.2, 0) is 44.9 Å². The number of nitrogens with zero attached hydrogens (tertiary/aromatic N) is 3. The third-order valence-corrected chi connectivity index (χ3v) is 10.1. The Balaban J connectivity index is 1.80. The number of carbonyl (C=O) groups excluding carboxylic acids is 3. The maximum Gasteiger partial charge on any atom is 0.335 e. The van der Waals surface area contributed by atoms with Crippen LogP contribution >= 0.6 is 0 Å². The Labute approximate surface area is 275 Å². The van der Waals surface area contributed by atoms with Gasteiger partial charge >= 0.3 is 5.97 Å². The summed E-state index contributed by atoms with van der Waals surface area (Å²) in [5.74, 6) is -2.40. The molecule has 0 aromatic heterocycles. The summed E-state index contributed by atoms with van der Waals surface area (Å²) in [6, 6.07) is 4.39. The lowest BCUT2D eigenvalue weighted by Gasteiger charge is -2.29. The van der Waals surface area contributed by atoms with Gasteiger partial charge in [-0.15, -0.1) is 5.06 Å². The lowest BCUT2D eigenvalue weighted by Crippen LogP contribution is -2.33. The van der Waals surface area contributed by atoms with E-state index in [2.05, 4.69) is 11.7 Å². The van der Waals surface area contributed by atoms with E-state index >= 15 is 0 Å². The number of aryl methyl sites for hydroxylation is 1. The lowest BCUT2D eigenvalue weighted by molar-refractivity contribution is -0.197. The van der Waals surface area contributed by atoms with Crippen LogP contribution in [0.1, 0.15) is 70.9 Å². The molecule has 1 unspecified atom stereocenters. The molecule has 47 heavy (non-hydrogen) atoms. The molecule has 1 saturated heterocycles. The van der Waals surface area contributed by atoms with E-state index in [1.807, 2.05) is 27.7 Å². The minimum atomic E-state index is -4.39. The molecule has 1 aromatic carbocycles. The van der Waals surface area contributed by atoms with Crippen LogP contribution in [0.25, 0.3) is 0 Å². The van der Waals surface area contributed by atoms with Gasteiger partial charge in [0.1, 0.15) is 0 Å². The number of hydrazone groups is 1. The lowest BCUT2D eigenvalue weighted by atomic mass is 9.76. The number of amides is 2. The number of benzene rings is 1. The van der Waals surface area contributed by atoms with Crippen molar-refractivity contribution in [2.45, 2.75) is 77.0 Å². The molecule has 2 N–H and O–H groups in total. The molecule has 1 atom stereocenters. The minimum Gasteiger partial charge on any atom is -0.330 e. The zero-order valence-electron chi connectivity index (χ0n) is 27.1. The molecule has 1 aromatic rings. The van der Waals surface area contributed by atoms with E-state index in [1.165, 1.54) is 12.1 Å². The Hall–Kier alpha value is -3.92. The molecule has 2 heterocycles. The van der Waals surface area contributed by atoms with Crippen molar-refractivity contribution < 1.29 is 45.2 Å². The summed E-state index contributed by atoms with van der Waals surface area (Å²) < 4.78 is 64.9. The van der Waals surface area contributed by atoms with E-state index in [1.54, 1.807) is 48.4 Å². The van der Waals surface area contributed by atoms with Crippen LogP contribution < -0.4 is 0 Å². The first-order chi connectivity index (χ1) is 21.7. The van der Waals surface area contributed by atoms with Gasteiger partial charge in [-0.25, -0.2) is 4.79 Å². The Morgan fingerprint density at radius 2 is 1.72 bits per heavy atom. The molecule has 15 heteroatoms. The molecule has 0 spiro atoms. The summed E-state index contributed by atoms with van der Waals surface area (Å²) in [6.45, 7) is 13.5. The molecule has 0 aliphatic carbocycles. The van der Waals surface area contributed by atoms with Crippen molar-refractivity contribution in [2.24, 2.45) is 10.5 Å². The van der Waals surface area contributed by atoms with Crippen molar-refractivity contribution in [3.8, 4) is 0 Å². The van der Waals surface area contributed by atoms with Crippen molar-refractivity contribution in [1.29, 1.82) is 0 Å². The summed E-state index contributed by atoms with van der Waals surface area (Å²) in [5.41, 5.74) is 2.03. The SMILES string of the molecule is C=C(/C=C/C=C/C=C1\N(CCC(=O)ON2C(=O)CCC2=O)N=C(C)C1(C)CCCS(=O)(=O)O)C(C)(C)c1cc(S(=O)(=O)O)ccc1C. The molecular formula is C32H41N3O10S2. The number of imide groups is 1. The fourth-order valence-corrected chi connectivity index (χ4v) is 6.39. The Kier molecular flexibility index (Phi) is 11.5. The Bertz CT molecular complexity index is 1770. The number of carbonyl (C=O) groups is 3. The molecule has 0 bridgehead atoms. The number of hydrogen-bond donors (Lipinski definition) is 2. The van der Waals surface area contributed by atoms with Crippen LogP contribution in [0.15, 0.2) is 76.4 Å². The second-order valence-electron chi connectivity index (χ2n) is 12.2. The average molecular weight is 692 g/mol. The van der Waals surface area contributed by atoms with Gasteiger partial charge in [0.05, 0.1) is 23.6 Å². The third-order valence-electron chi connectivity index (χ3n) is 8.48. The van der Waals surface area contributed by atoms with Crippen LogP contribution in [0.3, 0.4) is 0 Å². The van der Waals surface area contributed by atoms with Gasteiger partial charge in [0, 0.05) is 35.1 Å². The molecule has 2 aliphatic heterocycles. The summed E-state index contributed by atoms with van der Waals surface area (Å²) in [7, 11) is -8.56. The highest BCUT2D eigenvalue weighted by molar-refractivity contribution is 7.86. The van der Waals surface area contributed by atoms with Crippen molar-refractivity contribution >= 4 is 43.7 Å². The highest BCUT2D eigenvalue weighted by Gasteiger charge is 2.41. The first-order valence-electron chi connectivity index (χ1n) is 14.9. The largest absolute Gasteiger partial charge is 0.335 e. The molecule has 13 nitrogen and oxygen atoms in total. The zero-order valence-corrected chi connectivity index (χ0v) is 28.7. The summed E-state index contributed by atoms with van der Waals surface area (Å²) in [6.07, 6.45) is 8.96. The van der Waals surface area contributed by atoms with Crippen molar-refractivity contribution in [2.75, 3.05) is 12.3 Å². The van der Waals surface area contributed by atoms with Gasteiger partial charge in [0.15, 0.2) is 0 Å². The van der Waals surface area contributed by atoms with Crippen LogP contribution in [-0.4, -0.2) is 71.8 Å². The predicted octanol–water partition coefficient (Wildman–Crippen LogP) is 4.43. The molecule has 3 rings (SSSR count). The van der Waals surface area contributed by atoms with E-state index in [-0.39, 0.29) is 37.1 Å². The number of rotatable bonds is 14. The maximum absolute atomic E-state index is 12.5. The summed E-state index contributed by atoms with van der Waals surface area (Å²) in [5, 5.41) is 6.65. The molecule has 256 valence electrons. The molecule has 2 aliphatic rings. The molecule has 2 amide bonds. The monoisotopic (exact) mass is 691 g/mol. The zero-order chi connectivity index (χ0) is 35.4. The van der Waals surface area contributed by atoms with Crippen LogP contribution in [0.4, 0.5) is 0 Å². The number of hydroxylamine groups is 2. The highest BCUT2D eigenvalue weighted by atomic mass is 32.2. The van der Waals surface area contributed by atoms with E-state index in [9.17, 15) is 40.3 Å². The van der Waals surface area contributed by atoms with Crippen LogP contribution in [0, 0.1) is 12.3 Å². The normalized spacial score (nSPS) is 20.2. The quantitative estimate of drug-likeness (QED) is 0.160. The molecular weight excluding hydrogens is 650 g/mol.